The number of amidine groups is 1. The Hall–Kier alpha value is -1.20. The van der Waals surface area contributed by atoms with E-state index in [-0.39, 0.29) is 0 Å². The highest BCUT2D eigenvalue weighted by Crippen LogP contribution is 2.26. The molecule has 1 atom stereocenters. The minimum absolute atomic E-state index is 0.658. The first kappa shape index (κ1) is 14.7. The van der Waals surface area contributed by atoms with Gasteiger partial charge in [-0.15, -0.1) is 0 Å². The lowest BCUT2D eigenvalue weighted by Crippen LogP contribution is -2.36. The van der Waals surface area contributed by atoms with Crippen LogP contribution in [0.2, 0.25) is 0 Å². The van der Waals surface area contributed by atoms with Gasteiger partial charge in [0.25, 0.3) is 0 Å². The monoisotopic (exact) mass is 305 g/mol. The maximum atomic E-state index is 5.39. The third kappa shape index (κ3) is 3.92. The number of thioether (sulfide) groups is 1. The van der Waals surface area contributed by atoms with Gasteiger partial charge in [-0.25, -0.2) is 0 Å². The van der Waals surface area contributed by atoms with Gasteiger partial charge < -0.3 is 15.0 Å². The summed E-state index contributed by atoms with van der Waals surface area (Å²) in [5.74, 6) is 0. The van der Waals surface area contributed by atoms with Crippen LogP contribution in [-0.2, 0) is 4.74 Å². The maximum absolute atomic E-state index is 5.39. The molecular formula is C16H23N3OS. The normalized spacial score (nSPS) is 22.2. The van der Waals surface area contributed by atoms with Crippen molar-refractivity contribution < 1.29 is 4.74 Å². The van der Waals surface area contributed by atoms with Gasteiger partial charge in [0.2, 0.25) is 0 Å². The lowest BCUT2D eigenvalue weighted by atomic mass is 10.2. The molecule has 3 rings (SSSR count). The molecule has 0 aromatic heterocycles. The summed E-state index contributed by atoms with van der Waals surface area (Å²) in [6, 6.07) is 8.64. The van der Waals surface area contributed by atoms with E-state index in [1.54, 1.807) is 0 Å². The second-order valence-corrected chi connectivity index (χ2v) is 6.73. The number of anilines is 2. The lowest BCUT2D eigenvalue weighted by molar-refractivity contribution is 0.122. The minimum atomic E-state index is 0.658. The third-order valence-electron chi connectivity index (χ3n) is 3.82. The van der Waals surface area contributed by atoms with Crippen molar-refractivity contribution in [1.82, 2.24) is 0 Å². The quantitative estimate of drug-likeness (QED) is 0.927. The molecule has 1 fully saturated rings. The summed E-state index contributed by atoms with van der Waals surface area (Å²) in [4.78, 5) is 6.95. The van der Waals surface area contributed by atoms with E-state index in [1.807, 2.05) is 11.8 Å². The van der Waals surface area contributed by atoms with Crippen LogP contribution in [0.25, 0.3) is 0 Å². The van der Waals surface area contributed by atoms with E-state index in [4.69, 9.17) is 4.74 Å². The summed E-state index contributed by atoms with van der Waals surface area (Å²) in [7, 11) is 0. The summed E-state index contributed by atoms with van der Waals surface area (Å²) >= 11 is 1.87. The molecule has 21 heavy (non-hydrogen) atoms. The van der Waals surface area contributed by atoms with Crippen molar-refractivity contribution in [2.24, 2.45) is 4.99 Å². The van der Waals surface area contributed by atoms with E-state index in [2.05, 4.69) is 46.4 Å². The molecule has 0 bridgehead atoms. The highest BCUT2D eigenvalue weighted by molar-refractivity contribution is 8.15. The van der Waals surface area contributed by atoms with E-state index in [0.717, 1.165) is 43.7 Å². The van der Waals surface area contributed by atoms with Crippen LogP contribution in [0.1, 0.15) is 19.8 Å². The first-order valence-corrected chi connectivity index (χ1v) is 8.64. The largest absolute Gasteiger partial charge is 0.378 e. The van der Waals surface area contributed by atoms with Crippen molar-refractivity contribution in [3.63, 3.8) is 0 Å². The molecular weight excluding hydrogens is 282 g/mol. The van der Waals surface area contributed by atoms with Crippen LogP contribution < -0.4 is 10.2 Å². The molecule has 0 aliphatic carbocycles. The Kier molecular flexibility index (Phi) is 5.04. The van der Waals surface area contributed by atoms with Crippen molar-refractivity contribution in [2.45, 2.75) is 25.0 Å². The number of hydrogen-bond donors (Lipinski definition) is 1. The van der Waals surface area contributed by atoms with Gasteiger partial charge in [0.15, 0.2) is 5.17 Å². The highest BCUT2D eigenvalue weighted by Gasteiger charge is 2.18. The number of rotatable bonds is 4. The summed E-state index contributed by atoms with van der Waals surface area (Å²) in [5.41, 5.74) is 2.39. The molecule has 2 aliphatic heterocycles. The first-order valence-electron chi connectivity index (χ1n) is 7.76. The molecule has 0 amide bonds. The Bertz CT molecular complexity index is 483. The second kappa shape index (κ2) is 7.18. The van der Waals surface area contributed by atoms with Crippen LogP contribution in [0.15, 0.2) is 29.3 Å². The Morgan fingerprint density at radius 1 is 1.29 bits per heavy atom. The maximum Gasteiger partial charge on any atom is 0.161 e. The summed E-state index contributed by atoms with van der Waals surface area (Å²) in [6.07, 6.45) is 2.48. The zero-order valence-corrected chi connectivity index (χ0v) is 13.4. The first-order chi connectivity index (χ1) is 10.3. The average Bonchev–Trinajstić information content (AvgIpc) is 2.97. The van der Waals surface area contributed by atoms with E-state index >= 15 is 0 Å². The molecule has 5 heteroatoms. The number of aliphatic imine (C=N–C) groups is 1. The predicted octanol–water partition coefficient (Wildman–Crippen LogP) is 3.21. The van der Waals surface area contributed by atoms with E-state index < -0.39 is 0 Å². The molecule has 1 N–H and O–H groups in total. The zero-order chi connectivity index (χ0) is 14.5. The van der Waals surface area contributed by atoms with Crippen LogP contribution in [0.4, 0.5) is 11.4 Å². The minimum Gasteiger partial charge on any atom is -0.378 e. The molecule has 1 aromatic carbocycles. The topological polar surface area (TPSA) is 36.9 Å². The van der Waals surface area contributed by atoms with E-state index in [9.17, 15) is 0 Å². The highest BCUT2D eigenvalue weighted by atomic mass is 32.2. The molecule has 0 radical (unpaired) electrons. The molecule has 0 saturated carbocycles. The van der Waals surface area contributed by atoms with Gasteiger partial charge in [0.1, 0.15) is 0 Å². The molecule has 1 saturated heterocycles. The predicted molar refractivity (Wildman–Crippen MR) is 91.7 cm³/mol. The fraction of sp³-hybridized carbons (Fsp3) is 0.562. The number of nitrogens with one attached hydrogen (secondary N) is 1. The number of ether oxygens (including phenoxy) is 1. The smallest absolute Gasteiger partial charge is 0.161 e. The summed E-state index contributed by atoms with van der Waals surface area (Å²) in [5, 5.41) is 5.15. The van der Waals surface area contributed by atoms with Crippen LogP contribution in [0.3, 0.4) is 0 Å². The van der Waals surface area contributed by atoms with Crippen LogP contribution in [-0.4, -0.2) is 43.3 Å². The van der Waals surface area contributed by atoms with Gasteiger partial charge in [0, 0.05) is 29.7 Å². The molecule has 2 heterocycles. The molecule has 4 nitrogen and oxygen atoms in total. The van der Waals surface area contributed by atoms with Crippen LogP contribution >= 0.6 is 11.8 Å². The lowest BCUT2D eigenvalue weighted by Gasteiger charge is -2.28. The number of nitrogens with zero attached hydrogens (tertiary/aromatic N) is 2. The number of benzene rings is 1. The Morgan fingerprint density at radius 3 is 2.76 bits per heavy atom. The van der Waals surface area contributed by atoms with Gasteiger partial charge in [-0.3, -0.25) is 4.99 Å². The fourth-order valence-electron chi connectivity index (χ4n) is 2.66. The van der Waals surface area contributed by atoms with Gasteiger partial charge in [-0.1, -0.05) is 25.1 Å². The second-order valence-electron chi connectivity index (χ2n) is 5.45. The molecule has 1 unspecified atom stereocenters. The van der Waals surface area contributed by atoms with Crippen molar-refractivity contribution in [2.75, 3.05) is 43.1 Å². The SMILES string of the molecule is CCCC1CN=C(Nc2ccc(N3CCOCC3)cc2)S1. The molecule has 114 valence electrons. The van der Waals surface area contributed by atoms with Gasteiger partial charge in [-0.2, -0.15) is 0 Å². The van der Waals surface area contributed by atoms with Crippen LogP contribution in [0.5, 0.6) is 0 Å². The Morgan fingerprint density at radius 2 is 2.05 bits per heavy atom. The summed E-state index contributed by atoms with van der Waals surface area (Å²) in [6.45, 7) is 6.80. The average molecular weight is 305 g/mol. The Balaban J connectivity index is 1.55. The molecule has 1 aromatic rings. The van der Waals surface area contributed by atoms with Crippen molar-refractivity contribution in [3.8, 4) is 0 Å². The fourth-order valence-corrected chi connectivity index (χ4v) is 3.80. The summed E-state index contributed by atoms with van der Waals surface area (Å²) < 4.78 is 5.39. The molecule has 0 spiro atoms. The third-order valence-corrected chi connectivity index (χ3v) is 4.99. The Labute approximate surface area is 131 Å². The van der Waals surface area contributed by atoms with E-state index in [0.29, 0.717) is 5.25 Å². The van der Waals surface area contributed by atoms with Crippen molar-refractivity contribution in [3.05, 3.63) is 24.3 Å². The van der Waals surface area contributed by atoms with Gasteiger partial charge in [-0.05, 0) is 30.7 Å². The number of morpholine rings is 1. The molecule has 2 aliphatic rings. The van der Waals surface area contributed by atoms with Gasteiger partial charge in [0.05, 0.1) is 19.8 Å². The van der Waals surface area contributed by atoms with Crippen molar-refractivity contribution >= 4 is 28.3 Å². The van der Waals surface area contributed by atoms with Crippen molar-refractivity contribution in [1.29, 1.82) is 0 Å². The van der Waals surface area contributed by atoms with E-state index in [1.165, 1.54) is 18.5 Å². The number of hydrogen-bond acceptors (Lipinski definition) is 5. The zero-order valence-electron chi connectivity index (χ0n) is 12.5. The van der Waals surface area contributed by atoms with Crippen LogP contribution in [0, 0.1) is 0 Å². The van der Waals surface area contributed by atoms with Gasteiger partial charge >= 0.3 is 0 Å². The standard InChI is InChI=1S/C16H23N3OS/c1-2-3-15-12-17-16(21-15)18-13-4-6-14(7-5-13)19-8-10-20-11-9-19/h4-7,15H,2-3,8-12H2,1H3,(H,17,18).